The number of halogens is 1. The van der Waals surface area contributed by atoms with Crippen LogP contribution in [0.25, 0.3) is 10.1 Å². The van der Waals surface area contributed by atoms with Crippen LogP contribution in [-0.4, -0.2) is 5.78 Å². The van der Waals surface area contributed by atoms with Gasteiger partial charge in [-0.25, -0.2) is 4.39 Å². The normalized spacial score (nSPS) is 12.8. The van der Waals surface area contributed by atoms with Crippen LogP contribution < -0.4 is 0 Å². The highest BCUT2D eigenvalue weighted by molar-refractivity contribution is 7.20. The molecule has 1 heterocycles. The van der Waals surface area contributed by atoms with Gasteiger partial charge in [0, 0.05) is 11.1 Å². The van der Waals surface area contributed by atoms with Crippen molar-refractivity contribution in [3.8, 4) is 0 Å². The number of carbonyl (C=O) groups excluding carboxylic acids is 1. The van der Waals surface area contributed by atoms with E-state index in [9.17, 15) is 9.18 Å². The van der Waals surface area contributed by atoms with Crippen LogP contribution >= 0.6 is 11.3 Å². The monoisotopic (exact) mass is 264 g/mol. The zero-order chi connectivity index (χ0) is 13.1. The number of Topliss-reactive ketones (excluding diaryl/α,β-unsaturated/α-hetero) is 1. The average Bonchev–Trinajstić information content (AvgIpc) is 2.72. The molecule has 3 heteroatoms. The van der Waals surface area contributed by atoms with Crippen LogP contribution in [0.1, 0.15) is 42.8 Å². The molecule has 0 aliphatic carbocycles. The van der Waals surface area contributed by atoms with Gasteiger partial charge < -0.3 is 0 Å². The zero-order valence-electron chi connectivity index (χ0n) is 10.7. The van der Waals surface area contributed by atoms with E-state index in [4.69, 9.17) is 0 Å². The Labute approximate surface area is 111 Å². The van der Waals surface area contributed by atoms with Crippen molar-refractivity contribution in [1.29, 1.82) is 0 Å². The first-order chi connectivity index (χ1) is 8.60. The molecule has 1 aromatic carbocycles. The van der Waals surface area contributed by atoms with Crippen molar-refractivity contribution in [3.05, 3.63) is 35.0 Å². The molecule has 1 atom stereocenters. The Morgan fingerprint density at radius 3 is 2.89 bits per heavy atom. The van der Waals surface area contributed by atoms with E-state index in [0.717, 1.165) is 27.8 Å². The fourth-order valence-electron chi connectivity index (χ4n) is 2.15. The number of hydrogen-bond donors (Lipinski definition) is 0. The molecule has 0 aliphatic rings. The van der Waals surface area contributed by atoms with Crippen LogP contribution in [0, 0.1) is 11.7 Å². The lowest BCUT2D eigenvalue weighted by Crippen LogP contribution is -2.04. The highest BCUT2D eigenvalue weighted by Gasteiger charge is 2.13. The predicted molar refractivity (Wildman–Crippen MR) is 74.8 cm³/mol. The van der Waals surface area contributed by atoms with Crippen molar-refractivity contribution in [2.24, 2.45) is 5.92 Å². The second-order valence-corrected chi connectivity index (χ2v) is 5.90. The van der Waals surface area contributed by atoms with Gasteiger partial charge in [0.25, 0.3) is 0 Å². The molecular weight excluding hydrogens is 247 g/mol. The van der Waals surface area contributed by atoms with Gasteiger partial charge in [0.05, 0.1) is 4.88 Å². The minimum atomic E-state index is -0.247. The van der Waals surface area contributed by atoms with Gasteiger partial charge in [-0.2, -0.15) is 0 Å². The number of hydrogen-bond acceptors (Lipinski definition) is 2. The average molecular weight is 264 g/mol. The first-order valence-electron chi connectivity index (χ1n) is 6.32. The third kappa shape index (κ3) is 2.96. The van der Waals surface area contributed by atoms with Crippen molar-refractivity contribution in [3.63, 3.8) is 0 Å². The maximum Gasteiger partial charge on any atom is 0.173 e. The predicted octanol–water partition coefficient (Wildman–Crippen LogP) is 5.05. The van der Waals surface area contributed by atoms with E-state index in [1.54, 1.807) is 6.07 Å². The first-order valence-corrected chi connectivity index (χ1v) is 7.14. The second-order valence-electron chi connectivity index (χ2n) is 4.81. The lowest BCUT2D eigenvalue weighted by Gasteiger charge is -2.07. The lowest BCUT2D eigenvalue weighted by molar-refractivity contribution is 0.0966. The Bertz CT molecular complexity index is 559. The minimum absolute atomic E-state index is 0.178. The molecule has 96 valence electrons. The molecule has 1 aromatic heterocycles. The molecule has 0 aliphatic heterocycles. The lowest BCUT2D eigenvalue weighted by atomic mass is 9.99. The summed E-state index contributed by atoms with van der Waals surface area (Å²) in [6.07, 6.45) is 2.76. The minimum Gasteiger partial charge on any atom is -0.293 e. The van der Waals surface area contributed by atoms with Crippen LogP contribution in [0.15, 0.2) is 24.3 Å². The number of carbonyl (C=O) groups is 1. The smallest absolute Gasteiger partial charge is 0.173 e. The summed E-state index contributed by atoms with van der Waals surface area (Å²) in [5.41, 5.74) is 0. The van der Waals surface area contributed by atoms with Gasteiger partial charge in [0.1, 0.15) is 5.82 Å². The van der Waals surface area contributed by atoms with E-state index >= 15 is 0 Å². The molecule has 1 unspecified atom stereocenters. The molecule has 0 radical (unpaired) electrons. The summed E-state index contributed by atoms with van der Waals surface area (Å²) in [5.74, 6) is 0.352. The Morgan fingerprint density at radius 1 is 1.39 bits per heavy atom. The molecule has 0 N–H and O–H groups in total. The molecule has 2 rings (SSSR count). The Kier molecular flexibility index (Phi) is 4.12. The van der Waals surface area contributed by atoms with Crippen LogP contribution in [0.4, 0.5) is 4.39 Å². The van der Waals surface area contributed by atoms with Gasteiger partial charge in [0.2, 0.25) is 0 Å². The van der Waals surface area contributed by atoms with Crippen molar-refractivity contribution in [1.82, 2.24) is 0 Å². The number of benzene rings is 1. The number of thiophene rings is 1. The highest BCUT2D eigenvalue weighted by Crippen LogP contribution is 2.28. The standard InChI is InChI=1S/C15H17FOS/c1-3-4-10(2)7-13(17)15-8-11-5-6-12(16)9-14(11)18-15/h5-6,8-10H,3-4,7H2,1-2H3. The summed E-state index contributed by atoms with van der Waals surface area (Å²) < 4.78 is 13.9. The summed E-state index contributed by atoms with van der Waals surface area (Å²) in [4.78, 5) is 12.8. The zero-order valence-corrected chi connectivity index (χ0v) is 11.5. The molecule has 18 heavy (non-hydrogen) atoms. The highest BCUT2D eigenvalue weighted by atomic mass is 32.1. The summed E-state index contributed by atoms with van der Waals surface area (Å²) in [5, 5.41) is 0.952. The summed E-state index contributed by atoms with van der Waals surface area (Å²) >= 11 is 1.39. The Balaban J connectivity index is 2.18. The third-order valence-corrected chi connectivity index (χ3v) is 4.21. The van der Waals surface area contributed by atoms with Crippen LogP contribution in [0.3, 0.4) is 0 Å². The van der Waals surface area contributed by atoms with E-state index in [1.807, 2.05) is 6.07 Å². The van der Waals surface area contributed by atoms with Crippen LogP contribution in [0.5, 0.6) is 0 Å². The van der Waals surface area contributed by atoms with E-state index in [-0.39, 0.29) is 11.6 Å². The van der Waals surface area contributed by atoms with E-state index in [1.165, 1.54) is 23.5 Å². The topological polar surface area (TPSA) is 17.1 Å². The molecule has 0 saturated carbocycles. The third-order valence-electron chi connectivity index (χ3n) is 3.07. The summed E-state index contributed by atoms with van der Waals surface area (Å²) in [6, 6.07) is 6.53. The fourth-order valence-corrected chi connectivity index (χ4v) is 3.19. The van der Waals surface area contributed by atoms with Crippen LogP contribution in [-0.2, 0) is 0 Å². The first kappa shape index (κ1) is 13.2. The van der Waals surface area contributed by atoms with Gasteiger partial charge >= 0.3 is 0 Å². The molecular formula is C15H17FOS. The van der Waals surface area contributed by atoms with Crippen molar-refractivity contribution >= 4 is 27.2 Å². The fraction of sp³-hybridized carbons (Fsp3) is 0.400. The van der Waals surface area contributed by atoms with Crippen molar-refractivity contribution in [2.75, 3.05) is 0 Å². The quantitative estimate of drug-likeness (QED) is 0.691. The van der Waals surface area contributed by atoms with Gasteiger partial charge in [-0.1, -0.05) is 32.8 Å². The number of rotatable bonds is 5. The van der Waals surface area contributed by atoms with Crippen molar-refractivity contribution in [2.45, 2.75) is 33.1 Å². The van der Waals surface area contributed by atoms with Gasteiger partial charge in [-0.15, -0.1) is 11.3 Å². The molecule has 0 bridgehead atoms. The van der Waals surface area contributed by atoms with Crippen molar-refractivity contribution < 1.29 is 9.18 Å². The molecule has 0 amide bonds. The van der Waals surface area contributed by atoms with Gasteiger partial charge in [-0.3, -0.25) is 4.79 Å². The summed E-state index contributed by atoms with van der Waals surface area (Å²) in [7, 11) is 0. The molecule has 0 fully saturated rings. The Hall–Kier alpha value is -1.22. The molecule has 1 nitrogen and oxygen atoms in total. The molecule has 0 saturated heterocycles. The van der Waals surface area contributed by atoms with E-state index in [0.29, 0.717) is 12.3 Å². The van der Waals surface area contributed by atoms with Gasteiger partial charge in [0.15, 0.2) is 5.78 Å². The van der Waals surface area contributed by atoms with E-state index < -0.39 is 0 Å². The number of fused-ring (bicyclic) bond motifs is 1. The van der Waals surface area contributed by atoms with Crippen LogP contribution in [0.2, 0.25) is 0 Å². The van der Waals surface area contributed by atoms with Gasteiger partial charge in [-0.05, 0) is 29.5 Å². The largest absolute Gasteiger partial charge is 0.293 e. The van der Waals surface area contributed by atoms with E-state index in [2.05, 4.69) is 13.8 Å². The summed E-state index contributed by atoms with van der Waals surface area (Å²) in [6.45, 7) is 4.23. The molecule has 0 spiro atoms. The second kappa shape index (κ2) is 5.61. The molecule has 2 aromatic rings. The number of ketones is 1. The SMILES string of the molecule is CCCC(C)CC(=O)c1cc2ccc(F)cc2s1. The Morgan fingerprint density at radius 2 is 2.17 bits per heavy atom. The maximum atomic E-state index is 13.1. The maximum absolute atomic E-state index is 13.1.